The molecule has 0 rings (SSSR count). The Hall–Kier alpha value is -1.59. The highest BCUT2D eigenvalue weighted by Gasteiger charge is 2.47. The molecule has 0 saturated carbocycles. The van der Waals surface area contributed by atoms with Gasteiger partial charge in [-0.3, -0.25) is 14.4 Å². The van der Waals surface area contributed by atoms with Crippen molar-refractivity contribution in [3.05, 3.63) is 0 Å². The van der Waals surface area contributed by atoms with Gasteiger partial charge >= 0.3 is 17.9 Å². The Labute approximate surface area is 138 Å². The summed E-state index contributed by atoms with van der Waals surface area (Å²) < 4.78 is 15.2. The third-order valence-corrected chi connectivity index (χ3v) is 3.97. The molecule has 0 aliphatic rings. The van der Waals surface area contributed by atoms with Crippen molar-refractivity contribution in [2.75, 3.05) is 19.8 Å². The van der Waals surface area contributed by atoms with Crippen molar-refractivity contribution in [2.24, 2.45) is 11.3 Å². The molecule has 6 heteroatoms. The molecule has 0 aromatic carbocycles. The van der Waals surface area contributed by atoms with Crippen molar-refractivity contribution in [1.29, 1.82) is 0 Å². The summed E-state index contributed by atoms with van der Waals surface area (Å²) >= 11 is 0. The number of hydrogen-bond donors (Lipinski definition) is 0. The minimum Gasteiger partial charge on any atom is -0.466 e. The second-order valence-corrected chi connectivity index (χ2v) is 5.27. The second kappa shape index (κ2) is 11.0. The molecule has 0 aliphatic heterocycles. The largest absolute Gasteiger partial charge is 0.466 e. The molecule has 0 aromatic rings. The predicted octanol–water partition coefficient (Wildman–Crippen LogP) is 2.88. The lowest BCUT2D eigenvalue weighted by Crippen LogP contribution is -2.42. The first-order chi connectivity index (χ1) is 10.9. The van der Waals surface area contributed by atoms with E-state index >= 15 is 0 Å². The lowest BCUT2D eigenvalue weighted by molar-refractivity contribution is -0.174. The smallest absolute Gasteiger partial charge is 0.323 e. The van der Waals surface area contributed by atoms with Gasteiger partial charge in [-0.05, 0) is 46.5 Å². The molecule has 0 N–H and O–H groups in total. The Bertz CT molecular complexity index is 373. The van der Waals surface area contributed by atoms with Gasteiger partial charge in [0.05, 0.1) is 25.7 Å². The lowest BCUT2D eigenvalue weighted by atomic mass is 9.78. The van der Waals surface area contributed by atoms with Gasteiger partial charge in [-0.25, -0.2) is 0 Å². The summed E-state index contributed by atoms with van der Waals surface area (Å²) in [5.74, 6) is -1.81. The highest BCUT2D eigenvalue weighted by Crippen LogP contribution is 2.34. The maximum absolute atomic E-state index is 12.4. The van der Waals surface area contributed by atoms with Crippen LogP contribution < -0.4 is 0 Å². The number of carbonyl (C=O) groups is 3. The van der Waals surface area contributed by atoms with Crippen LogP contribution in [-0.4, -0.2) is 37.7 Å². The van der Waals surface area contributed by atoms with Crippen LogP contribution in [0.3, 0.4) is 0 Å². The monoisotopic (exact) mass is 330 g/mol. The van der Waals surface area contributed by atoms with E-state index in [4.69, 9.17) is 14.2 Å². The maximum Gasteiger partial charge on any atom is 0.323 e. The zero-order valence-electron chi connectivity index (χ0n) is 15.0. The van der Waals surface area contributed by atoms with Gasteiger partial charge < -0.3 is 14.2 Å². The zero-order valence-corrected chi connectivity index (χ0v) is 15.0. The van der Waals surface area contributed by atoms with Crippen molar-refractivity contribution in [1.82, 2.24) is 0 Å². The molecule has 134 valence electrons. The minimum absolute atomic E-state index is 0.190. The fraction of sp³-hybridized carbons (Fsp3) is 0.824. The van der Waals surface area contributed by atoms with Gasteiger partial charge in [-0.15, -0.1) is 0 Å². The Kier molecular flexibility index (Phi) is 10.3. The molecule has 0 bridgehead atoms. The van der Waals surface area contributed by atoms with Crippen molar-refractivity contribution in [3.63, 3.8) is 0 Å². The third-order valence-electron chi connectivity index (χ3n) is 3.97. The number of carbonyl (C=O) groups excluding carboxylic acids is 3. The van der Waals surface area contributed by atoms with Gasteiger partial charge in [0.2, 0.25) is 0 Å². The summed E-state index contributed by atoms with van der Waals surface area (Å²) in [4.78, 5) is 36.7. The quantitative estimate of drug-likeness (QED) is 0.329. The van der Waals surface area contributed by atoms with Gasteiger partial charge in [-0.1, -0.05) is 13.8 Å². The third kappa shape index (κ3) is 5.84. The van der Waals surface area contributed by atoms with E-state index in [1.807, 2.05) is 6.92 Å². The van der Waals surface area contributed by atoms with Crippen molar-refractivity contribution in [3.8, 4) is 0 Å². The van der Waals surface area contributed by atoms with Crippen LogP contribution in [0.2, 0.25) is 0 Å². The van der Waals surface area contributed by atoms with Gasteiger partial charge in [-0.2, -0.15) is 0 Å². The highest BCUT2D eigenvalue weighted by molar-refractivity contribution is 6.00. The summed E-state index contributed by atoms with van der Waals surface area (Å²) in [6.07, 6.45) is 1.44. The predicted molar refractivity (Wildman–Crippen MR) is 85.6 cm³/mol. The molecule has 0 heterocycles. The Balaban J connectivity index is 5.24. The van der Waals surface area contributed by atoms with Gasteiger partial charge in [0.1, 0.15) is 0 Å². The molecule has 23 heavy (non-hydrogen) atoms. The van der Waals surface area contributed by atoms with Gasteiger partial charge in [0.25, 0.3) is 0 Å². The summed E-state index contributed by atoms with van der Waals surface area (Å²) in [6.45, 7) is 9.45. The first-order valence-electron chi connectivity index (χ1n) is 8.44. The molecule has 0 spiro atoms. The SMILES string of the molecule is CCOC(=O)C(CC)CCC(CC)(C(=O)OCC)C(=O)OCC. The molecule has 0 radical (unpaired) electrons. The van der Waals surface area contributed by atoms with Crippen molar-refractivity contribution < 1.29 is 28.6 Å². The Morgan fingerprint density at radius 2 is 1.30 bits per heavy atom. The van der Waals surface area contributed by atoms with Crippen LogP contribution >= 0.6 is 0 Å². The highest BCUT2D eigenvalue weighted by atomic mass is 16.6. The lowest BCUT2D eigenvalue weighted by Gasteiger charge is -2.29. The standard InChI is InChI=1S/C17H30O6/c1-6-13(14(18)21-8-3)11-12-17(7-2,15(19)22-9-4)16(20)23-10-5/h13H,6-12H2,1-5H3. The molecule has 0 amide bonds. The van der Waals surface area contributed by atoms with E-state index in [0.29, 0.717) is 19.4 Å². The van der Waals surface area contributed by atoms with E-state index in [1.165, 1.54) is 0 Å². The van der Waals surface area contributed by atoms with Crippen LogP contribution in [0.4, 0.5) is 0 Å². The van der Waals surface area contributed by atoms with Crippen LogP contribution in [0.15, 0.2) is 0 Å². The second-order valence-electron chi connectivity index (χ2n) is 5.27. The van der Waals surface area contributed by atoms with Crippen LogP contribution in [0.5, 0.6) is 0 Å². The van der Waals surface area contributed by atoms with E-state index in [0.717, 1.165) is 0 Å². The van der Waals surface area contributed by atoms with Crippen molar-refractivity contribution in [2.45, 2.75) is 60.3 Å². The van der Waals surface area contributed by atoms with Crippen LogP contribution in [-0.2, 0) is 28.6 Å². The van der Waals surface area contributed by atoms with E-state index in [2.05, 4.69) is 0 Å². The number of rotatable bonds is 11. The summed E-state index contributed by atoms with van der Waals surface area (Å²) in [5.41, 5.74) is -1.36. The molecule has 1 atom stereocenters. The van der Waals surface area contributed by atoms with Crippen LogP contribution in [0, 0.1) is 11.3 Å². The van der Waals surface area contributed by atoms with Crippen LogP contribution in [0.1, 0.15) is 60.3 Å². The fourth-order valence-electron chi connectivity index (χ4n) is 2.46. The fourth-order valence-corrected chi connectivity index (χ4v) is 2.46. The first kappa shape index (κ1) is 21.4. The topological polar surface area (TPSA) is 78.9 Å². The van der Waals surface area contributed by atoms with E-state index in [-0.39, 0.29) is 37.9 Å². The molecular weight excluding hydrogens is 300 g/mol. The number of hydrogen-bond acceptors (Lipinski definition) is 6. The Morgan fingerprint density at radius 1 is 0.826 bits per heavy atom. The average Bonchev–Trinajstić information content (AvgIpc) is 2.52. The molecule has 0 fully saturated rings. The van der Waals surface area contributed by atoms with Gasteiger partial charge in [0.15, 0.2) is 5.41 Å². The van der Waals surface area contributed by atoms with E-state index in [1.54, 1.807) is 27.7 Å². The molecule has 0 aromatic heterocycles. The molecule has 0 aliphatic carbocycles. The van der Waals surface area contributed by atoms with Crippen LogP contribution in [0.25, 0.3) is 0 Å². The zero-order chi connectivity index (χ0) is 17.9. The maximum atomic E-state index is 12.4. The number of ether oxygens (including phenoxy) is 3. The molecule has 6 nitrogen and oxygen atoms in total. The normalized spacial score (nSPS) is 12.4. The molecule has 0 saturated heterocycles. The molecular formula is C17H30O6. The number of esters is 3. The molecule has 1 unspecified atom stereocenters. The van der Waals surface area contributed by atoms with Gasteiger partial charge in [0, 0.05) is 0 Å². The van der Waals surface area contributed by atoms with E-state index in [9.17, 15) is 14.4 Å². The first-order valence-corrected chi connectivity index (χ1v) is 8.44. The summed E-state index contributed by atoms with van der Waals surface area (Å²) in [5, 5.41) is 0. The average molecular weight is 330 g/mol. The minimum atomic E-state index is -1.36. The van der Waals surface area contributed by atoms with E-state index < -0.39 is 17.4 Å². The summed E-state index contributed by atoms with van der Waals surface area (Å²) in [7, 11) is 0. The summed E-state index contributed by atoms with van der Waals surface area (Å²) in [6, 6.07) is 0. The van der Waals surface area contributed by atoms with Crippen molar-refractivity contribution >= 4 is 17.9 Å². The Morgan fingerprint density at radius 3 is 1.65 bits per heavy atom.